The summed E-state index contributed by atoms with van der Waals surface area (Å²) in [5.41, 5.74) is 3.98. The first-order valence-corrected chi connectivity index (χ1v) is 17.8. The van der Waals surface area contributed by atoms with Gasteiger partial charge in [0.25, 0.3) is 0 Å². The number of rotatable bonds is 9. The molecule has 0 radical (unpaired) electrons. The first-order valence-electron chi connectivity index (χ1n) is 17.8. The molecule has 0 spiro atoms. The van der Waals surface area contributed by atoms with Crippen molar-refractivity contribution in [1.29, 1.82) is 10.5 Å². The van der Waals surface area contributed by atoms with Crippen LogP contribution >= 0.6 is 0 Å². The summed E-state index contributed by atoms with van der Waals surface area (Å²) in [5.74, 6) is -5.70. The summed E-state index contributed by atoms with van der Waals surface area (Å²) < 4.78 is 17.1. The third-order valence-corrected chi connectivity index (χ3v) is 9.49. The van der Waals surface area contributed by atoms with Crippen molar-refractivity contribution >= 4 is 23.6 Å². The van der Waals surface area contributed by atoms with Gasteiger partial charge in [0, 0.05) is 11.1 Å². The standard InChI is InChI=1S/C45H30N6O6/c1-48-39-22-38(30-15-9-4-10-16-30)51-27-42(39)57-45(54)33-18-31(43(52)55-40-25-49-36(20-34(40)23-46)28-11-5-2-6-12-28)17-32(19-33)44(53)56-41-26-50-37(21-35(41)24-47)29-13-7-3-8-14-29/h2-16,20-22,25-27,31-33H,17-19H2. The quantitative estimate of drug-likeness (QED) is 0.103. The number of benzene rings is 3. The molecule has 0 N–H and O–H groups in total. The Morgan fingerprint density at radius 1 is 0.544 bits per heavy atom. The number of carbonyl (C=O) groups is 3. The lowest BCUT2D eigenvalue weighted by atomic mass is 9.75. The normalized spacial score (nSPS) is 15.8. The second-order valence-electron chi connectivity index (χ2n) is 13.2. The van der Waals surface area contributed by atoms with Gasteiger partial charge in [-0.25, -0.2) is 4.85 Å². The maximum atomic E-state index is 13.8. The van der Waals surface area contributed by atoms with E-state index in [4.69, 9.17) is 20.8 Å². The Labute approximate surface area is 327 Å². The molecule has 1 saturated carbocycles. The minimum Gasteiger partial charge on any atom is -0.436 e. The largest absolute Gasteiger partial charge is 0.436 e. The van der Waals surface area contributed by atoms with E-state index in [0.717, 1.165) is 16.7 Å². The number of hydrogen-bond donors (Lipinski definition) is 0. The lowest BCUT2D eigenvalue weighted by molar-refractivity contribution is -0.150. The molecule has 276 valence electrons. The van der Waals surface area contributed by atoms with E-state index in [1.54, 1.807) is 0 Å². The van der Waals surface area contributed by atoms with Gasteiger partial charge in [-0.1, -0.05) is 91.0 Å². The van der Waals surface area contributed by atoms with E-state index in [1.165, 1.54) is 36.8 Å². The average molecular weight is 751 g/mol. The molecular weight excluding hydrogens is 721 g/mol. The van der Waals surface area contributed by atoms with Crippen LogP contribution in [0.25, 0.3) is 38.6 Å². The van der Waals surface area contributed by atoms with Gasteiger partial charge in [-0.05, 0) is 43.0 Å². The van der Waals surface area contributed by atoms with Gasteiger partial charge in [-0.3, -0.25) is 29.3 Å². The lowest BCUT2D eigenvalue weighted by Gasteiger charge is -2.31. The molecule has 12 nitrogen and oxygen atoms in total. The van der Waals surface area contributed by atoms with E-state index in [0.29, 0.717) is 17.1 Å². The summed E-state index contributed by atoms with van der Waals surface area (Å²) in [4.78, 5) is 58.2. The molecule has 57 heavy (non-hydrogen) atoms. The summed E-state index contributed by atoms with van der Waals surface area (Å²) in [6.45, 7) is 7.74. The van der Waals surface area contributed by atoms with Crippen LogP contribution in [-0.2, 0) is 14.4 Å². The van der Waals surface area contributed by atoms with E-state index in [1.807, 2.05) is 103 Å². The smallest absolute Gasteiger partial charge is 0.314 e. The zero-order chi connectivity index (χ0) is 39.7. The summed E-state index contributed by atoms with van der Waals surface area (Å²) in [7, 11) is 0. The SMILES string of the molecule is [C-]#[N+]c1cc(-c2ccccc2)ncc1OC(=O)C1CC(C(=O)Oc2cnc(-c3ccccc3)cc2C#N)CC(C(=O)Oc2cnc(-c3ccccc3)cc2C#N)C1. The Hall–Kier alpha value is -8.01. The molecule has 1 aliphatic rings. The Morgan fingerprint density at radius 3 is 1.23 bits per heavy atom. The van der Waals surface area contributed by atoms with Crippen molar-refractivity contribution in [3.05, 3.63) is 150 Å². The van der Waals surface area contributed by atoms with Gasteiger partial charge < -0.3 is 14.2 Å². The molecular formula is C45H30N6O6. The van der Waals surface area contributed by atoms with Crippen molar-refractivity contribution in [2.45, 2.75) is 19.3 Å². The van der Waals surface area contributed by atoms with Crippen LogP contribution in [0.1, 0.15) is 30.4 Å². The van der Waals surface area contributed by atoms with Crippen LogP contribution in [0.2, 0.25) is 0 Å². The maximum Gasteiger partial charge on any atom is 0.314 e. The third-order valence-electron chi connectivity index (χ3n) is 9.49. The first-order chi connectivity index (χ1) is 27.8. The molecule has 0 aliphatic heterocycles. The Kier molecular flexibility index (Phi) is 11.1. The number of esters is 3. The molecule has 2 unspecified atom stereocenters. The van der Waals surface area contributed by atoms with Crippen LogP contribution in [0.5, 0.6) is 17.2 Å². The highest BCUT2D eigenvalue weighted by Gasteiger charge is 2.42. The number of hydrogen-bond acceptors (Lipinski definition) is 11. The van der Waals surface area contributed by atoms with Crippen molar-refractivity contribution in [2.24, 2.45) is 17.8 Å². The van der Waals surface area contributed by atoms with Gasteiger partial charge in [-0.2, -0.15) is 10.5 Å². The number of nitrogens with zero attached hydrogens (tertiary/aromatic N) is 6. The number of aromatic nitrogens is 3. The fraction of sp³-hybridized carbons (Fsp3) is 0.133. The molecule has 3 aromatic heterocycles. The molecule has 2 atom stereocenters. The van der Waals surface area contributed by atoms with Crippen molar-refractivity contribution in [3.63, 3.8) is 0 Å². The molecule has 0 bridgehead atoms. The summed E-state index contributed by atoms with van der Waals surface area (Å²) in [6.07, 6.45) is 3.64. The van der Waals surface area contributed by atoms with E-state index in [9.17, 15) is 24.9 Å². The van der Waals surface area contributed by atoms with Crippen LogP contribution in [0, 0.1) is 47.0 Å². The highest BCUT2D eigenvalue weighted by Crippen LogP contribution is 2.39. The van der Waals surface area contributed by atoms with Crippen molar-refractivity contribution in [2.75, 3.05) is 0 Å². The molecule has 7 rings (SSSR count). The minimum atomic E-state index is -1.03. The second-order valence-corrected chi connectivity index (χ2v) is 13.2. The van der Waals surface area contributed by atoms with Crippen molar-refractivity contribution in [3.8, 4) is 63.2 Å². The molecule has 0 saturated heterocycles. The van der Waals surface area contributed by atoms with E-state index in [2.05, 4.69) is 19.8 Å². The monoisotopic (exact) mass is 750 g/mol. The lowest BCUT2D eigenvalue weighted by Crippen LogP contribution is -2.39. The molecule has 3 heterocycles. The average Bonchev–Trinajstić information content (AvgIpc) is 3.27. The first kappa shape index (κ1) is 37.3. The summed E-state index contributed by atoms with van der Waals surface area (Å²) >= 11 is 0. The van der Waals surface area contributed by atoms with Crippen LogP contribution in [0.4, 0.5) is 5.69 Å². The zero-order valence-electron chi connectivity index (χ0n) is 30.1. The van der Waals surface area contributed by atoms with Crippen LogP contribution < -0.4 is 14.2 Å². The zero-order valence-corrected chi connectivity index (χ0v) is 30.1. The second kappa shape index (κ2) is 17.0. The van der Waals surface area contributed by atoms with Crippen LogP contribution in [0.3, 0.4) is 0 Å². The molecule has 1 aliphatic carbocycles. The number of carbonyl (C=O) groups excluding carboxylic acids is 3. The predicted molar refractivity (Wildman–Crippen MR) is 206 cm³/mol. The Bertz CT molecular complexity index is 2300. The number of nitriles is 2. The van der Waals surface area contributed by atoms with Gasteiger partial charge in [0.15, 0.2) is 17.2 Å². The molecule has 12 heteroatoms. The van der Waals surface area contributed by atoms with Gasteiger partial charge >= 0.3 is 17.9 Å². The van der Waals surface area contributed by atoms with E-state index in [-0.39, 0.29) is 53.3 Å². The summed E-state index contributed by atoms with van der Waals surface area (Å²) in [6, 6.07) is 36.2. The molecule has 3 aromatic carbocycles. The topological polar surface area (TPSA) is 170 Å². The molecule has 6 aromatic rings. The van der Waals surface area contributed by atoms with E-state index < -0.39 is 35.7 Å². The molecule has 1 fully saturated rings. The van der Waals surface area contributed by atoms with Crippen molar-refractivity contribution < 1.29 is 28.6 Å². The predicted octanol–water partition coefficient (Wildman–Crippen LogP) is 8.32. The highest BCUT2D eigenvalue weighted by atomic mass is 16.5. The van der Waals surface area contributed by atoms with Gasteiger partial charge in [0.2, 0.25) is 5.69 Å². The molecule has 0 amide bonds. The van der Waals surface area contributed by atoms with Crippen LogP contribution in [0.15, 0.2) is 128 Å². The fourth-order valence-corrected chi connectivity index (χ4v) is 6.59. The van der Waals surface area contributed by atoms with Crippen LogP contribution in [-0.4, -0.2) is 32.9 Å². The Morgan fingerprint density at radius 2 is 0.877 bits per heavy atom. The van der Waals surface area contributed by atoms with Gasteiger partial charge in [0.1, 0.15) is 12.1 Å². The fourth-order valence-electron chi connectivity index (χ4n) is 6.59. The summed E-state index contributed by atoms with van der Waals surface area (Å²) in [5, 5.41) is 19.9. The van der Waals surface area contributed by atoms with Gasteiger partial charge in [0.05, 0.1) is 71.1 Å². The van der Waals surface area contributed by atoms with Gasteiger partial charge in [-0.15, -0.1) is 0 Å². The number of ether oxygens (including phenoxy) is 3. The highest BCUT2D eigenvalue weighted by molar-refractivity contribution is 5.84. The maximum absolute atomic E-state index is 13.8. The Balaban J connectivity index is 1.14. The van der Waals surface area contributed by atoms with E-state index >= 15 is 0 Å². The van der Waals surface area contributed by atoms with Crippen molar-refractivity contribution in [1.82, 2.24) is 15.0 Å². The third kappa shape index (κ3) is 8.54. The number of pyridine rings is 3. The minimum absolute atomic E-state index is 0.0471.